The number of hydrogen-bond acceptors (Lipinski definition) is 5. The number of aromatic nitrogens is 2. The van der Waals surface area contributed by atoms with Gasteiger partial charge in [0.25, 0.3) is 5.91 Å². The molecule has 2 aromatic rings. The Bertz CT molecular complexity index is 730. The second-order valence-electron chi connectivity index (χ2n) is 6.24. The van der Waals surface area contributed by atoms with Crippen LogP contribution in [-0.4, -0.2) is 64.8 Å². The molecule has 136 valence electrons. The van der Waals surface area contributed by atoms with Crippen molar-refractivity contribution in [1.82, 2.24) is 19.8 Å². The average Bonchev–Trinajstić information content (AvgIpc) is 2.72. The number of aryl methyl sites for hydroxylation is 1. The zero-order valence-electron chi connectivity index (χ0n) is 14.7. The summed E-state index contributed by atoms with van der Waals surface area (Å²) < 4.78 is 0. The molecular weight excluding hydrogens is 330 g/mol. The summed E-state index contributed by atoms with van der Waals surface area (Å²) >= 11 is 0. The first-order valence-corrected chi connectivity index (χ1v) is 8.85. The van der Waals surface area contributed by atoms with Crippen LogP contribution in [-0.2, 0) is 11.2 Å². The van der Waals surface area contributed by atoms with Crippen LogP contribution in [0.5, 0.6) is 0 Å². The van der Waals surface area contributed by atoms with Gasteiger partial charge in [0, 0.05) is 38.8 Å². The average molecular weight is 353 g/mol. The topological polar surface area (TPSA) is 78.4 Å². The van der Waals surface area contributed by atoms with Gasteiger partial charge in [-0.05, 0) is 18.4 Å². The lowest BCUT2D eigenvalue weighted by atomic mass is 10.1. The van der Waals surface area contributed by atoms with E-state index >= 15 is 0 Å². The first-order valence-electron chi connectivity index (χ1n) is 8.85. The number of hydrogen-bond donors (Lipinski definition) is 1. The minimum atomic E-state index is -0.120. The lowest BCUT2D eigenvalue weighted by molar-refractivity contribution is -0.119. The second-order valence-corrected chi connectivity index (χ2v) is 6.24. The van der Waals surface area contributed by atoms with Gasteiger partial charge in [-0.1, -0.05) is 30.3 Å². The lowest BCUT2D eigenvalue weighted by Gasteiger charge is -2.32. The van der Waals surface area contributed by atoms with Crippen LogP contribution in [0.25, 0.3) is 0 Å². The van der Waals surface area contributed by atoms with Gasteiger partial charge in [0.1, 0.15) is 17.8 Å². The van der Waals surface area contributed by atoms with Gasteiger partial charge in [0.2, 0.25) is 6.41 Å². The molecule has 3 rings (SSSR count). The Hall–Kier alpha value is -2.96. The second kappa shape index (κ2) is 8.94. The molecular formula is C19H23N5O2. The summed E-state index contributed by atoms with van der Waals surface area (Å²) in [7, 11) is 0. The Morgan fingerprint density at radius 1 is 1.12 bits per heavy atom. The molecule has 1 aromatic heterocycles. The number of nitrogens with one attached hydrogen (secondary N) is 1. The number of nitrogens with zero attached hydrogens (tertiary/aromatic N) is 4. The van der Waals surface area contributed by atoms with Crippen molar-refractivity contribution < 1.29 is 9.59 Å². The highest BCUT2D eigenvalue weighted by Gasteiger charge is 2.22. The number of anilines is 1. The van der Waals surface area contributed by atoms with Crippen LogP contribution in [0, 0.1) is 0 Å². The molecule has 0 bridgehead atoms. The molecule has 0 saturated carbocycles. The summed E-state index contributed by atoms with van der Waals surface area (Å²) in [4.78, 5) is 35.0. The van der Waals surface area contributed by atoms with Gasteiger partial charge in [-0.15, -0.1) is 0 Å². The fourth-order valence-corrected chi connectivity index (χ4v) is 2.92. The first kappa shape index (κ1) is 17.8. The normalized spacial score (nSPS) is 14.2. The van der Waals surface area contributed by atoms with Crippen LogP contribution in [0.1, 0.15) is 22.5 Å². The SMILES string of the molecule is O=CN1CCN(C(=O)c2cc(NCCCc3ccccc3)ncn2)CC1. The smallest absolute Gasteiger partial charge is 0.272 e. The third-order valence-corrected chi connectivity index (χ3v) is 4.43. The van der Waals surface area contributed by atoms with Crippen LogP contribution in [0.2, 0.25) is 0 Å². The molecule has 0 aliphatic carbocycles. The third kappa shape index (κ3) is 4.78. The Balaban J connectivity index is 1.49. The highest BCUT2D eigenvalue weighted by atomic mass is 16.2. The van der Waals surface area contributed by atoms with Gasteiger partial charge < -0.3 is 15.1 Å². The van der Waals surface area contributed by atoms with Gasteiger partial charge >= 0.3 is 0 Å². The number of carbonyl (C=O) groups is 2. The Kier molecular flexibility index (Phi) is 6.14. The molecule has 0 radical (unpaired) electrons. The molecule has 0 spiro atoms. The number of piperazine rings is 1. The van der Waals surface area contributed by atoms with Crippen LogP contribution in [0.3, 0.4) is 0 Å². The quantitative estimate of drug-likeness (QED) is 0.602. The van der Waals surface area contributed by atoms with Gasteiger partial charge in [-0.2, -0.15) is 0 Å². The van der Waals surface area contributed by atoms with E-state index in [1.54, 1.807) is 15.9 Å². The summed E-state index contributed by atoms with van der Waals surface area (Å²) in [6.07, 6.45) is 4.20. The molecule has 26 heavy (non-hydrogen) atoms. The van der Waals surface area contributed by atoms with E-state index in [-0.39, 0.29) is 5.91 Å². The zero-order chi connectivity index (χ0) is 18.2. The number of carbonyl (C=O) groups excluding carboxylic acids is 2. The summed E-state index contributed by atoms with van der Waals surface area (Å²) in [6, 6.07) is 12.0. The molecule has 2 heterocycles. The highest BCUT2D eigenvalue weighted by molar-refractivity contribution is 5.93. The Labute approximate surface area is 153 Å². The van der Waals surface area contributed by atoms with Crippen molar-refractivity contribution in [2.45, 2.75) is 12.8 Å². The van der Waals surface area contributed by atoms with Crippen LogP contribution >= 0.6 is 0 Å². The van der Waals surface area contributed by atoms with Crippen molar-refractivity contribution in [1.29, 1.82) is 0 Å². The minimum Gasteiger partial charge on any atom is -0.370 e. The summed E-state index contributed by atoms with van der Waals surface area (Å²) in [6.45, 7) is 2.95. The van der Waals surface area contributed by atoms with E-state index in [1.165, 1.54) is 11.9 Å². The fraction of sp³-hybridized carbons (Fsp3) is 0.368. The van der Waals surface area contributed by atoms with E-state index in [0.29, 0.717) is 37.7 Å². The van der Waals surface area contributed by atoms with Crippen LogP contribution < -0.4 is 5.32 Å². The minimum absolute atomic E-state index is 0.120. The van der Waals surface area contributed by atoms with Crippen molar-refractivity contribution >= 4 is 18.1 Å². The van der Waals surface area contributed by atoms with E-state index in [1.807, 2.05) is 18.2 Å². The van der Waals surface area contributed by atoms with Crippen LogP contribution in [0.15, 0.2) is 42.7 Å². The number of benzene rings is 1. The van der Waals surface area contributed by atoms with Gasteiger partial charge in [-0.25, -0.2) is 9.97 Å². The van der Waals surface area contributed by atoms with E-state index < -0.39 is 0 Å². The maximum atomic E-state index is 12.6. The molecule has 1 aliphatic rings. The monoisotopic (exact) mass is 353 g/mol. The van der Waals surface area contributed by atoms with Gasteiger partial charge in [0.05, 0.1) is 0 Å². The Morgan fingerprint density at radius 2 is 1.88 bits per heavy atom. The fourth-order valence-electron chi connectivity index (χ4n) is 2.92. The maximum Gasteiger partial charge on any atom is 0.272 e. The molecule has 2 amide bonds. The van der Waals surface area contributed by atoms with Gasteiger partial charge in [0.15, 0.2) is 0 Å². The van der Waals surface area contributed by atoms with Crippen LogP contribution in [0.4, 0.5) is 5.82 Å². The maximum absolute atomic E-state index is 12.6. The van der Waals surface area contributed by atoms with Crippen molar-refractivity contribution in [2.24, 2.45) is 0 Å². The predicted octanol–water partition coefficient (Wildman–Crippen LogP) is 1.44. The Morgan fingerprint density at radius 3 is 2.62 bits per heavy atom. The van der Waals surface area contributed by atoms with E-state index in [9.17, 15) is 9.59 Å². The molecule has 7 heteroatoms. The van der Waals surface area contributed by atoms with Gasteiger partial charge in [-0.3, -0.25) is 9.59 Å². The molecule has 7 nitrogen and oxygen atoms in total. The van der Waals surface area contributed by atoms with E-state index in [2.05, 4.69) is 27.4 Å². The predicted molar refractivity (Wildman–Crippen MR) is 98.8 cm³/mol. The van der Waals surface area contributed by atoms with Crippen molar-refractivity contribution in [3.8, 4) is 0 Å². The highest BCUT2D eigenvalue weighted by Crippen LogP contribution is 2.10. The number of amides is 2. The van der Waals surface area contributed by atoms with E-state index in [4.69, 9.17) is 0 Å². The molecule has 1 N–H and O–H groups in total. The number of rotatable bonds is 7. The summed E-state index contributed by atoms with van der Waals surface area (Å²) in [5.74, 6) is 0.535. The first-order chi connectivity index (χ1) is 12.8. The van der Waals surface area contributed by atoms with Crippen molar-refractivity contribution in [3.05, 3.63) is 54.0 Å². The van der Waals surface area contributed by atoms with E-state index in [0.717, 1.165) is 25.8 Å². The molecule has 1 saturated heterocycles. The lowest BCUT2D eigenvalue weighted by Crippen LogP contribution is -2.48. The summed E-state index contributed by atoms with van der Waals surface area (Å²) in [5.41, 5.74) is 1.69. The zero-order valence-corrected chi connectivity index (χ0v) is 14.7. The largest absolute Gasteiger partial charge is 0.370 e. The molecule has 0 unspecified atom stereocenters. The van der Waals surface area contributed by atoms with Crippen molar-refractivity contribution in [2.75, 3.05) is 38.0 Å². The third-order valence-electron chi connectivity index (χ3n) is 4.43. The van der Waals surface area contributed by atoms with Crippen molar-refractivity contribution in [3.63, 3.8) is 0 Å². The molecule has 1 aliphatic heterocycles. The molecule has 1 aromatic carbocycles. The summed E-state index contributed by atoms with van der Waals surface area (Å²) in [5, 5.41) is 3.25. The standard InChI is InChI=1S/C19H23N5O2/c25-15-23-9-11-24(12-10-23)19(26)17-13-18(22-14-21-17)20-8-4-7-16-5-2-1-3-6-16/h1-3,5-6,13-15H,4,7-12H2,(H,20,21,22). The molecule has 1 fully saturated rings. The molecule has 0 atom stereocenters.